The summed E-state index contributed by atoms with van der Waals surface area (Å²) in [5.74, 6) is 0. The number of hydrogen-bond acceptors (Lipinski definition) is 2. The maximum atomic E-state index is 11.5. The zero-order valence-electron chi connectivity index (χ0n) is 7.24. The average molecular weight is 163 g/mol. The molecule has 0 aliphatic rings. The second kappa shape index (κ2) is 9.85. The highest BCUT2D eigenvalue weighted by Gasteiger charge is 1.87. The number of hydrogen-bond donors (Lipinski definition) is 1. The Morgan fingerprint density at radius 2 is 2.09 bits per heavy atom. The third-order valence-electron chi connectivity index (χ3n) is 1.41. The van der Waals surface area contributed by atoms with Gasteiger partial charge in [-0.25, -0.2) is 4.39 Å². The lowest BCUT2D eigenvalue weighted by Gasteiger charge is -2.02. The van der Waals surface area contributed by atoms with Gasteiger partial charge >= 0.3 is 0 Å². The van der Waals surface area contributed by atoms with Crippen LogP contribution >= 0.6 is 0 Å². The van der Waals surface area contributed by atoms with E-state index in [1.54, 1.807) is 0 Å². The van der Waals surface area contributed by atoms with E-state index in [2.05, 4.69) is 12.2 Å². The summed E-state index contributed by atoms with van der Waals surface area (Å²) in [6.07, 6.45) is 3.55. The molecule has 0 aliphatic heterocycles. The molecule has 2 nitrogen and oxygen atoms in total. The van der Waals surface area contributed by atoms with Crippen LogP contribution in [0.4, 0.5) is 4.39 Å². The molecule has 0 aliphatic carbocycles. The molecule has 0 heterocycles. The summed E-state index contributed by atoms with van der Waals surface area (Å²) < 4.78 is 16.7. The van der Waals surface area contributed by atoms with Crippen molar-refractivity contribution in [2.24, 2.45) is 0 Å². The molecule has 11 heavy (non-hydrogen) atoms. The smallest absolute Gasteiger partial charge is 0.140 e. The molecule has 0 atom stereocenters. The average Bonchev–Trinajstić information content (AvgIpc) is 2.03. The van der Waals surface area contributed by atoms with Gasteiger partial charge in [-0.2, -0.15) is 0 Å². The van der Waals surface area contributed by atoms with Gasteiger partial charge in [0, 0.05) is 13.2 Å². The second-order valence-electron chi connectivity index (χ2n) is 2.45. The summed E-state index contributed by atoms with van der Waals surface area (Å²) in [6, 6.07) is 0. The summed E-state index contributed by atoms with van der Waals surface area (Å²) in [4.78, 5) is 0. The van der Waals surface area contributed by atoms with E-state index >= 15 is 0 Å². The van der Waals surface area contributed by atoms with Crippen molar-refractivity contribution in [1.29, 1.82) is 0 Å². The van der Waals surface area contributed by atoms with E-state index in [1.165, 1.54) is 12.8 Å². The number of nitrogens with one attached hydrogen (secondary N) is 1. The molecule has 0 amide bonds. The van der Waals surface area contributed by atoms with Gasteiger partial charge in [-0.15, -0.1) is 0 Å². The van der Waals surface area contributed by atoms with Crippen molar-refractivity contribution in [3.05, 3.63) is 0 Å². The van der Waals surface area contributed by atoms with E-state index in [0.29, 0.717) is 13.2 Å². The molecule has 0 aromatic rings. The van der Waals surface area contributed by atoms with Gasteiger partial charge < -0.3 is 4.74 Å². The number of unbranched alkanes of at least 4 members (excludes halogenated alkanes) is 2. The van der Waals surface area contributed by atoms with Gasteiger partial charge in [-0.05, 0) is 6.42 Å². The van der Waals surface area contributed by atoms with Crippen molar-refractivity contribution in [3.63, 3.8) is 0 Å². The van der Waals surface area contributed by atoms with Crippen molar-refractivity contribution >= 4 is 0 Å². The number of alkyl halides is 1. The van der Waals surface area contributed by atoms with E-state index in [0.717, 1.165) is 13.0 Å². The third kappa shape index (κ3) is 9.85. The number of ether oxygens (including phenoxy) is 1. The Morgan fingerprint density at radius 1 is 1.27 bits per heavy atom. The minimum absolute atomic E-state index is 0.460. The maximum Gasteiger partial charge on any atom is 0.140 e. The van der Waals surface area contributed by atoms with E-state index in [1.807, 2.05) is 0 Å². The SMILES string of the molecule is CCCCCOCCNCF. The molecule has 0 spiro atoms. The summed E-state index contributed by atoms with van der Waals surface area (Å²) in [5.41, 5.74) is 0. The van der Waals surface area contributed by atoms with Gasteiger partial charge in [0.05, 0.1) is 6.61 Å². The quantitative estimate of drug-likeness (QED) is 0.434. The molecular weight excluding hydrogens is 145 g/mol. The van der Waals surface area contributed by atoms with Gasteiger partial charge in [0.2, 0.25) is 0 Å². The summed E-state index contributed by atoms with van der Waals surface area (Å²) in [5, 5.41) is 2.55. The molecule has 0 rings (SSSR count). The van der Waals surface area contributed by atoms with E-state index in [-0.39, 0.29) is 0 Å². The normalized spacial score (nSPS) is 10.4. The molecule has 0 unspecified atom stereocenters. The predicted octanol–water partition coefficient (Wildman–Crippen LogP) is 1.71. The van der Waals surface area contributed by atoms with Gasteiger partial charge in [-0.3, -0.25) is 5.32 Å². The molecule has 1 N–H and O–H groups in total. The monoisotopic (exact) mass is 163 g/mol. The Morgan fingerprint density at radius 3 is 2.73 bits per heavy atom. The largest absolute Gasteiger partial charge is 0.380 e. The van der Waals surface area contributed by atoms with Crippen molar-refractivity contribution in [1.82, 2.24) is 5.32 Å². The van der Waals surface area contributed by atoms with Gasteiger partial charge in [0.1, 0.15) is 6.80 Å². The fourth-order valence-corrected chi connectivity index (χ4v) is 0.767. The summed E-state index contributed by atoms with van der Waals surface area (Å²) >= 11 is 0. The standard InChI is InChI=1S/C8H18FNO/c1-2-3-4-6-11-7-5-10-8-9/h10H,2-8H2,1H3. The molecule has 0 aromatic carbocycles. The first kappa shape index (κ1) is 10.8. The Bertz CT molecular complexity index is 63.1. The molecular formula is C8H18FNO. The third-order valence-corrected chi connectivity index (χ3v) is 1.41. The molecule has 0 fully saturated rings. The second-order valence-corrected chi connectivity index (χ2v) is 2.45. The Labute approximate surface area is 68.1 Å². The van der Waals surface area contributed by atoms with Crippen LogP contribution in [0.15, 0.2) is 0 Å². The Kier molecular flexibility index (Phi) is 9.72. The van der Waals surface area contributed by atoms with Crippen molar-refractivity contribution in [2.75, 3.05) is 26.6 Å². The first-order valence-electron chi connectivity index (χ1n) is 4.26. The number of rotatable bonds is 8. The first-order chi connectivity index (χ1) is 5.41. The minimum atomic E-state index is -0.460. The molecule has 3 heteroatoms. The van der Waals surface area contributed by atoms with Crippen molar-refractivity contribution < 1.29 is 9.13 Å². The van der Waals surface area contributed by atoms with Crippen LogP contribution in [0.25, 0.3) is 0 Å². The predicted molar refractivity (Wildman–Crippen MR) is 44.3 cm³/mol. The topological polar surface area (TPSA) is 21.3 Å². The lowest BCUT2D eigenvalue weighted by Crippen LogP contribution is -2.18. The molecule has 0 aromatic heterocycles. The van der Waals surface area contributed by atoms with Gasteiger partial charge in [0.25, 0.3) is 0 Å². The lowest BCUT2D eigenvalue weighted by atomic mass is 10.3. The Balaban J connectivity index is 2.69. The lowest BCUT2D eigenvalue weighted by molar-refractivity contribution is 0.129. The van der Waals surface area contributed by atoms with Crippen molar-refractivity contribution in [2.45, 2.75) is 26.2 Å². The molecule has 0 saturated carbocycles. The van der Waals surface area contributed by atoms with Crippen LogP contribution in [0, 0.1) is 0 Å². The maximum absolute atomic E-state index is 11.5. The fraction of sp³-hybridized carbons (Fsp3) is 1.00. The molecule has 0 radical (unpaired) electrons. The van der Waals surface area contributed by atoms with Crippen LogP contribution in [0.3, 0.4) is 0 Å². The molecule has 0 bridgehead atoms. The zero-order valence-corrected chi connectivity index (χ0v) is 7.24. The van der Waals surface area contributed by atoms with Crippen LogP contribution in [0.1, 0.15) is 26.2 Å². The van der Waals surface area contributed by atoms with E-state index in [4.69, 9.17) is 4.74 Å². The van der Waals surface area contributed by atoms with Crippen LogP contribution in [-0.4, -0.2) is 26.6 Å². The summed E-state index contributed by atoms with van der Waals surface area (Å²) in [7, 11) is 0. The zero-order chi connectivity index (χ0) is 8.36. The van der Waals surface area contributed by atoms with Crippen LogP contribution in [0.5, 0.6) is 0 Å². The fourth-order valence-electron chi connectivity index (χ4n) is 0.767. The van der Waals surface area contributed by atoms with Gasteiger partial charge in [0.15, 0.2) is 0 Å². The van der Waals surface area contributed by atoms with Gasteiger partial charge in [-0.1, -0.05) is 19.8 Å². The van der Waals surface area contributed by atoms with E-state index in [9.17, 15) is 4.39 Å². The van der Waals surface area contributed by atoms with Crippen LogP contribution in [-0.2, 0) is 4.74 Å². The van der Waals surface area contributed by atoms with Crippen LogP contribution in [0.2, 0.25) is 0 Å². The Hall–Kier alpha value is -0.150. The highest BCUT2D eigenvalue weighted by Crippen LogP contribution is 1.93. The summed E-state index contributed by atoms with van der Waals surface area (Å²) in [6.45, 7) is 3.74. The molecule has 68 valence electrons. The van der Waals surface area contributed by atoms with Crippen molar-refractivity contribution in [3.8, 4) is 0 Å². The number of halogens is 1. The van der Waals surface area contributed by atoms with Crippen LogP contribution < -0.4 is 5.32 Å². The minimum Gasteiger partial charge on any atom is -0.380 e. The van der Waals surface area contributed by atoms with E-state index < -0.39 is 6.80 Å². The highest BCUT2D eigenvalue weighted by molar-refractivity contribution is 4.39. The highest BCUT2D eigenvalue weighted by atomic mass is 19.1. The first-order valence-corrected chi connectivity index (χ1v) is 4.26. The molecule has 0 saturated heterocycles.